The zero-order valence-electron chi connectivity index (χ0n) is 7.78. The molecule has 2 N–H and O–H groups in total. The van der Waals surface area contributed by atoms with Crippen molar-refractivity contribution in [3.63, 3.8) is 0 Å². The molecule has 74 valence electrons. The Morgan fingerprint density at radius 1 is 1.57 bits per heavy atom. The fraction of sp³-hybridized carbons (Fsp3) is 0.200. The maximum absolute atomic E-state index is 10.5. The first-order valence-electron chi connectivity index (χ1n) is 4.15. The summed E-state index contributed by atoms with van der Waals surface area (Å²) in [6.45, 7) is 1.81. The summed E-state index contributed by atoms with van der Waals surface area (Å²) in [5.74, 6) is -0.857. The van der Waals surface area contributed by atoms with Crippen LogP contribution in [0.25, 0.3) is 0 Å². The van der Waals surface area contributed by atoms with Crippen LogP contribution in [-0.4, -0.2) is 17.5 Å². The summed E-state index contributed by atoms with van der Waals surface area (Å²) in [5.41, 5.74) is 2.29. The molecule has 1 aromatic carbocycles. The number of hydrogen-bond donors (Lipinski definition) is 2. The third-order valence-electron chi connectivity index (χ3n) is 1.91. The van der Waals surface area contributed by atoms with E-state index in [1.807, 2.05) is 6.92 Å². The highest BCUT2D eigenvalue weighted by molar-refractivity contribution is 5.74. The van der Waals surface area contributed by atoms with Gasteiger partial charge in [0, 0.05) is 5.69 Å². The summed E-state index contributed by atoms with van der Waals surface area (Å²) < 4.78 is 0. The second-order valence-corrected chi connectivity index (χ2v) is 2.97. The minimum absolute atomic E-state index is 0.00715. The molecule has 0 aliphatic rings. The lowest BCUT2D eigenvalue weighted by molar-refractivity contribution is -0.136. The molecule has 14 heavy (non-hydrogen) atoms. The maximum atomic E-state index is 10.5. The number of carboxylic acid groups (broad SMARTS) is 1. The van der Waals surface area contributed by atoms with Gasteiger partial charge in [-0.1, -0.05) is 6.07 Å². The number of benzene rings is 1. The molecule has 4 nitrogen and oxygen atoms in total. The van der Waals surface area contributed by atoms with Crippen LogP contribution in [0.1, 0.15) is 11.1 Å². The van der Waals surface area contributed by atoms with Gasteiger partial charge in [-0.2, -0.15) is 0 Å². The van der Waals surface area contributed by atoms with Gasteiger partial charge in [-0.3, -0.25) is 9.59 Å². The molecule has 0 heterocycles. The summed E-state index contributed by atoms with van der Waals surface area (Å²) in [6.07, 6.45) is 0.596. The Bertz CT molecular complexity index is 360. The summed E-state index contributed by atoms with van der Waals surface area (Å²) >= 11 is 0. The first-order chi connectivity index (χ1) is 6.63. The lowest BCUT2D eigenvalue weighted by Gasteiger charge is -2.05. The molecule has 4 heteroatoms. The molecule has 1 amide bonds. The van der Waals surface area contributed by atoms with Crippen LogP contribution >= 0.6 is 0 Å². The second-order valence-electron chi connectivity index (χ2n) is 2.97. The van der Waals surface area contributed by atoms with Crippen LogP contribution in [0.3, 0.4) is 0 Å². The van der Waals surface area contributed by atoms with E-state index < -0.39 is 5.97 Å². The van der Waals surface area contributed by atoms with E-state index in [0.29, 0.717) is 12.1 Å². The predicted octanol–water partition coefficient (Wildman–Crippen LogP) is 1.19. The van der Waals surface area contributed by atoms with Crippen molar-refractivity contribution >= 4 is 18.1 Å². The van der Waals surface area contributed by atoms with Gasteiger partial charge in [0.15, 0.2) is 0 Å². The largest absolute Gasteiger partial charge is 0.481 e. The first-order valence-corrected chi connectivity index (χ1v) is 4.15. The number of hydrogen-bond acceptors (Lipinski definition) is 2. The molecule has 0 atom stereocenters. The Morgan fingerprint density at radius 3 is 2.79 bits per heavy atom. The van der Waals surface area contributed by atoms with Crippen molar-refractivity contribution in [1.82, 2.24) is 0 Å². The van der Waals surface area contributed by atoms with Gasteiger partial charge in [0.2, 0.25) is 6.41 Å². The molecular formula is C10H11NO3. The number of rotatable bonds is 4. The Morgan fingerprint density at radius 2 is 2.29 bits per heavy atom. The number of carbonyl (C=O) groups excluding carboxylic acids is 1. The molecule has 0 bridgehead atoms. The van der Waals surface area contributed by atoms with E-state index in [1.165, 1.54) is 0 Å². The SMILES string of the molecule is Cc1cc(NC=O)ccc1CC(=O)O. The molecule has 0 saturated heterocycles. The highest BCUT2D eigenvalue weighted by Crippen LogP contribution is 2.15. The van der Waals surface area contributed by atoms with E-state index in [2.05, 4.69) is 5.32 Å². The molecule has 0 aliphatic heterocycles. The molecule has 0 radical (unpaired) electrons. The average Bonchev–Trinajstić information content (AvgIpc) is 2.10. The van der Waals surface area contributed by atoms with Crippen LogP contribution in [0, 0.1) is 6.92 Å². The van der Waals surface area contributed by atoms with Crippen molar-refractivity contribution in [3.8, 4) is 0 Å². The summed E-state index contributed by atoms with van der Waals surface area (Å²) in [5, 5.41) is 11.1. The number of carboxylic acids is 1. The van der Waals surface area contributed by atoms with Gasteiger partial charge < -0.3 is 10.4 Å². The highest BCUT2D eigenvalue weighted by Gasteiger charge is 2.04. The molecule has 0 aromatic heterocycles. The molecule has 1 aromatic rings. The monoisotopic (exact) mass is 193 g/mol. The van der Waals surface area contributed by atoms with Gasteiger partial charge in [-0.25, -0.2) is 0 Å². The van der Waals surface area contributed by atoms with Crippen LogP contribution in [0.5, 0.6) is 0 Å². The maximum Gasteiger partial charge on any atom is 0.307 e. The van der Waals surface area contributed by atoms with Crippen molar-refractivity contribution in [2.75, 3.05) is 5.32 Å². The van der Waals surface area contributed by atoms with Crippen molar-refractivity contribution in [2.24, 2.45) is 0 Å². The Balaban J connectivity index is 2.89. The summed E-state index contributed by atoms with van der Waals surface area (Å²) in [6, 6.07) is 5.13. The zero-order chi connectivity index (χ0) is 10.6. The normalized spacial score (nSPS) is 9.50. The Labute approximate surface area is 81.6 Å². The first kappa shape index (κ1) is 10.2. The summed E-state index contributed by atoms with van der Waals surface area (Å²) in [4.78, 5) is 20.6. The predicted molar refractivity (Wildman–Crippen MR) is 52.2 cm³/mol. The number of aryl methyl sites for hydroxylation is 1. The van der Waals surface area contributed by atoms with Gasteiger partial charge in [0.05, 0.1) is 6.42 Å². The van der Waals surface area contributed by atoms with E-state index in [4.69, 9.17) is 5.11 Å². The fourth-order valence-corrected chi connectivity index (χ4v) is 1.21. The molecule has 1 rings (SSSR count). The van der Waals surface area contributed by atoms with E-state index in [1.54, 1.807) is 18.2 Å². The summed E-state index contributed by atoms with van der Waals surface area (Å²) in [7, 11) is 0. The van der Waals surface area contributed by atoms with Crippen LogP contribution in [-0.2, 0) is 16.0 Å². The third-order valence-corrected chi connectivity index (χ3v) is 1.91. The van der Waals surface area contributed by atoms with Crippen molar-refractivity contribution < 1.29 is 14.7 Å². The van der Waals surface area contributed by atoms with Crippen LogP contribution in [0.4, 0.5) is 5.69 Å². The molecule has 0 unspecified atom stereocenters. The number of amides is 1. The number of aliphatic carboxylic acids is 1. The number of carbonyl (C=O) groups is 2. The molecular weight excluding hydrogens is 182 g/mol. The Hall–Kier alpha value is -1.84. The van der Waals surface area contributed by atoms with E-state index >= 15 is 0 Å². The Kier molecular flexibility index (Phi) is 3.23. The number of anilines is 1. The minimum Gasteiger partial charge on any atom is -0.481 e. The van der Waals surface area contributed by atoms with Gasteiger partial charge in [-0.15, -0.1) is 0 Å². The van der Waals surface area contributed by atoms with E-state index in [9.17, 15) is 9.59 Å². The standard InChI is InChI=1S/C10H11NO3/c1-7-4-9(11-6-12)3-2-8(7)5-10(13)14/h2-4,6H,5H2,1H3,(H,11,12)(H,13,14). The van der Waals surface area contributed by atoms with E-state index in [0.717, 1.165) is 11.1 Å². The second kappa shape index (κ2) is 4.41. The van der Waals surface area contributed by atoms with Crippen LogP contribution in [0.15, 0.2) is 18.2 Å². The lowest BCUT2D eigenvalue weighted by atomic mass is 10.1. The lowest BCUT2D eigenvalue weighted by Crippen LogP contribution is -2.02. The third kappa shape index (κ3) is 2.58. The van der Waals surface area contributed by atoms with Crippen LogP contribution < -0.4 is 5.32 Å². The van der Waals surface area contributed by atoms with E-state index in [-0.39, 0.29) is 6.42 Å². The van der Waals surface area contributed by atoms with Gasteiger partial charge in [0.25, 0.3) is 0 Å². The topological polar surface area (TPSA) is 66.4 Å². The molecule has 0 spiro atoms. The van der Waals surface area contributed by atoms with Gasteiger partial charge in [-0.05, 0) is 30.2 Å². The average molecular weight is 193 g/mol. The zero-order valence-corrected chi connectivity index (χ0v) is 7.78. The smallest absolute Gasteiger partial charge is 0.307 e. The fourth-order valence-electron chi connectivity index (χ4n) is 1.21. The van der Waals surface area contributed by atoms with Gasteiger partial charge in [0.1, 0.15) is 0 Å². The molecule has 0 saturated carbocycles. The quantitative estimate of drug-likeness (QED) is 0.706. The van der Waals surface area contributed by atoms with Crippen molar-refractivity contribution in [2.45, 2.75) is 13.3 Å². The molecule has 0 aliphatic carbocycles. The van der Waals surface area contributed by atoms with Crippen molar-refractivity contribution in [1.29, 1.82) is 0 Å². The minimum atomic E-state index is -0.857. The highest BCUT2D eigenvalue weighted by atomic mass is 16.4. The van der Waals surface area contributed by atoms with Crippen LogP contribution in [0.2, 0.25) is 0 Å². The number of nitrogens with one attached hydrogen (secondary N) is 1. The molecule has 0 fully saturated rings. The van der Waals surface area contributed by atoms with Gasteiger partial charge >= 0.3 is 5.97 Å². The van der Waals surface area contributed by atoms with Crippen molar-refractivity contribution in [3.05, 3.63) is 29.3 Å².